The molecule has 1 aromatic heterocycles. The summed E-state index contributed by atoms with van der Waals surface area (Å²) in [6.07, 6.45) is 1.57. The van der Waals surface area contributed by atoms with Crippen LogP contribution in [0.5, 0.6) is 0 Å². The molecule has 1 heterocycles. The van der Waals surface area contributed by atoms with Crippen LogP contribution in [-0.2, 0) is 0 Å². The molecule has 2 rings (SSSR count). The first-order valence-corrected chi connectivity index (χ1v) is 6.17. The van der Waals surface area contributed by atoms with Gasteiger partial charge in [-0.1, -0.05) is 24.3 Å². The smallest absolute Gasteiger partial charge is 0.275 e. The van der Waals surface area contributed by atoms with Crippen LogP contribution in [0.1, 0.15) is 10.5 Å². The van der Waals surface area contributed by atoms with Crippen LogP contribution in [-0.4, -0.2) is 45.8 Å². The number of carbonyl (C=O) groups is 1. The van der Waals surface area contributed by atoms with Crippen molar-refractivity contribution in [2.45, 2.75) is 0 Å². The van der Waals surface area contributed by atoms with E-state index in [2.05, 4.69) is 16.8 Å². The first-order valence-electron chi connectivity index (χ1n) is 6.17. The summed E-state index contributed by atoms with van der Waals surface area (Å²) in [6, 6.07) is 6.78. The van der Waals surface area contributed by atoms with E-state index in [1.807, 2.05) is 0 Å². The quantitative estimate of drug-likeness (QED) is 0.779. The van der Waals surface area contributed by atoms with Crippen LogP contribution in [0, 0.1) is 0 Å². The SMILES string of the molecule is C=CCN(CCO)C(=O)c1n[nH]c(=O)c2ccccc12. The van der Waals surface area contributed by atoms with E-state index in [9.17, 15) is 9.59 Å². The van der Waals surface area contributed by atoms with E-state index < -0.39 is 0 Å². The van der Waals surface area contributed by atoms with Gasteiger partial charge >= 0.3 is 0 Å². The molecule has 0 saturated heterocycles. The number of hydrogen-bond donors (Lipinski definition) is 2. The summed E-state index contributed by atoms with van der Waals surface area (Å²) < 4.78 is 0. The molecule has 1 amide bonds. The molecule has 0 radical (unpaired) electrons. The number of aromatic nitrogens is 2. The molecule has 6 nitrogen and oxygen atoms in total. The Bertz CT molecular complexity index is 693. The van der Waals surface area contributed by atoms with Gasteiger partial charge in [0.2, 0.25) is 0 Å². The molecule has 0 fully saturated rings. The summed E-state index contributed by atoms with van der Waals surface area (Å²) in [5.41, 5.74) is -0.176. The molecule has 0 saturated carbocycles. The lowest BCUT2D eigenvalue weighted by Gasteiger charge is -2.19. The van der Waals surface area contributed by atoms with Gasteiger partial charge in [-0.05, 0) is 6.07 Å². The summed E-state index contributed by atoms with van der Waals surface area (Å²) >= 11 is 0. The maximum atomic E-state index is 12.4. The molecule has 0 bridgehead atoms. The van der Waals surface area contributed by atoms with Crippen LogP contribution in [0.3, 0.4) is 0 Å². The predicted octanol–water partition coefficient (Wildman–Crippen LogP) is 0.544. The average Bonchev–Trinajstić information content (AvgIpc) is 2.47. The molecule has 0 atom stereocenters. The predicted molar refractivity (Wildman–Crippen MR) is 75.6 cm³/mol. The van der Waals surface area contributed by atoms with Gasteiger partial charge in [-0.3, -0.25) is 9.59 Å². The van der Waals surface area contributed by atoms with Gasteiger partial charge in [0.05, 0.1) is 12.0 Å². The van der Waals surface area contributed by atoms with Crippen LogP contribution in [0.15, 0.2) is 41.7 Å². The van der Waals surface area contributed by atoms with E-state index in [4.69, 9.17) is 5.11 Å². The number of aliphatic hydroxyl groups is 1. The van der Waals surface area contributed by atoms with Crippen molar-refractivity contribution in [3.8, 4) is 0 Å². The zero-order valence-corrected chi connectivity index (χ0v) is 10.9. The van der Waals surface area contributed by atoms with Crippen LogP contribution < -0.4 is 5.56 Å². The number of nitrogens with one attached hydrogen (secondary N) is 1. The molecule has 0 unspecified atom stereocenters. The van der Waals surface area contributed by atoms with Gasteiger partial charge in [0.15, 0.2) is 5.69 Å². The lowest BCUT2D eigenvalue weighted by molar-refractivity contribution is 0.0738. The number of fused-ring (bicyclic) bond motifs is 1. The fraction of sp³-hybridized carbons (Fsp3) is 0.214. The van der Waals surface area contributed by atoms with Crippen molar-refractivity contribution < 1.29 is 9.90 Å². The minimum Gasteiger partial charge on any atom is -0.395 e. The Hall–Kier alpha value is -2.47. The topological polar surface area (TPSA) is 86.3 Å². The van der Waals surface area contributed by atoms with Gasteiger partial charge in [0, 0.05) is 18.5 Å². The molecular weight excluding hydrogens is 258 g/mol. The van der Waals surface area contributed by atoms with E-state index in [-0.39, 0.29) is 30.3 Å². The lowest BCUT2D eigenvalue weighted by atomic mass is 10.1. The highest BCUT2D eigenvalue weighted by Gasteiger charge is 2.19. The second-order valence-corrected chi connectivity index (χ2v) is 4.21. The van der Waals surface area contributed by atoms with E-state index in [0.29, 0.717) is 17.3 Å². The summed E-state index contributed by atoms with van der Waals surface area (Å²) in [5.74, 6) is -0.355. The van der Waals surface area contributed by atoms with Crippen molar-refractivity contribution in [3.05, 3.63) is 53.0 Å². The standard InChI is InChI=1S/C14H15N3O3/c1-2-7-17(8-9-18)14(20)12-10-5-3-4-6-11(10)13(19)16-15-12/h2-6,18H,1,7-9H2,(H,16,19). The highest BCUT2D eigenvalue weighted by Crippen LogP contribution is 2.14. The molecule has 104 valence electrons. The van der Waals surface area contributed by atoms with E-state index in [0.717, 1.165) is 0 Å². The Morgan fingerprint density at radius 2 is 2.10 bits per heavy atom. The Morgan fingerprint density at radius 1 is 1.40 bits per heavy atom. The molecule has 0 aliphatic heterocycles. The normalized spacial score (nSPS) is 10.4. The summed E-state index contributed by atoms with van der Waals surface area (Å²) in [6.45, 7) is 3.91. The molecule has 20 heavy (non-hydrogen) atoms. The third-order valence-corrected chi connectivity index (χ3v) is 2.91. The zero-order chi connectivity index (χ0) is 14.5. The number of carbonyl (C=O) groups excluding carboxylic acids is 1. The highest BCUT2D eigenvalue weighted by atomic mass is 16.3. The maximum absolute atomic E-state index is 12.4. The van der Waals surface area contributed by atoms with Gasteiger partial charge in [0.25, 0.3) is 11.5 Å². The van der Waals surface area contributed by atoms with Crippen LogP contribution >= 0.6 is 0 Å². The first-order chi connectivity index (χ1) is 9.69. The molecule has 0 aliphatic carbocycles. The Kier molecular flexibility index (Phi) is 4.27. The number of nitrogens with zero attached hydrogens (tertiary/aromatic N) is 2. The number of rotatable bonds is 5. The number of aromatic amines is 1. The van der Waals surface area contributed by atoms with E-state index in [1.165, 1.54) is 4.90 Å². The Balaban J connectivity index is 2.51. The summed E-state index contributed by atoms with van der Waals surface area (Å²) in [5, 5.41) is 16.1. The third kappa shape index (κ3) is 2.60. The summed E-state index contributed by atoms with van der Waals surface area (Å²) in [4.78, 5) is 25.5. The van der Waals surface area contributed by atoms with Crippen molar-refractivity contribution >= 4 is 16.7 Å². The zero-order valence-electron chi connectivity index (χ0n) is 10.9. The first kappa shape index (κ1) is 14.0. The molecule has 6 heteroatoms. The number of amides is 1. The van der Waals surface area contributed by atoms with Crippen molar-refractivity contribution in [1.29, 1.82) is 0 Å². The largest absolute Gasteiger partial charge is 0.395 e. The van der Waals surface area contributed by atoms with Crippen molar-refractivity contribution in [1.82, 2.24) is 15.1 Å². The number of H-pyrrole nitrogens is 1. The number of benzene rings is 1. The van der Waals surface area contributed by atoms with E-state index >= 15 is 0 Å². The second kappa shape index (κ2) is 6.12. The van der Waals surface area contributed by atoms with E-state index in [1.54, 1.807) is 30.3 Å². The van der Waals surface area contributed by atoms with Gasteiger partial charge in [-0.2, -0.15) is 5.10 Å². The van der Waals surface area contributed by atoms with Crippen molar-refractivity contribution in [2.24, 2.45) is 0 Å². The van der Waals surface area contributed by atoms with Crippen molar-refractivity contribution in [3.63, 3.8) is 0 Å². The minimum atomic E-state index is -0.355. The fourth-order valence-electron chi connectivity index (χ4n) is 1.98. The number of aliphatic hydroxyl groups excluding tert-OH is 1. The summed E-state index contributed by atoms with van der Waals surface area (Å²) in [7, 11) is 0. The second-order valence-electron chi connectivity index (χ2n) is 4.21. The van der Waals surface area contributed by atoms with Gasteiger partial charge in [-0.25, -0.2) is 5.10 Å². The molecule has 0 spiro atoms. The Labute approximate surface area is 115 Å². The Morgan fingerprint density at radius 3 is 2.75 bits per heavy atom. The molecule has 2 N–H and O–H groups in total. The molecule has 0 aliphatic rings. The van der Waals surface area contributed by atoms with Crippen LogP contribution in [0.25, 0.3) is 10.8 Å². The van der Waals surface area contributed by atoms with Crippen LogP contribution in [0.2, 0.25) is 0 Å². The van der Waals surface area contributed by atoms with Gasteiger partial charge in [0.1, 0.15) is 0 Å². The monoisotopic (exact) mass is 273 g/mol. The molecule has 2 aromatic rings. The minimum absolute atomic E-state index is 0.152. The fourth-order valence-corrected chi connectivity index (χ4v) is 1.98. The van der Waals surface area contributed by atoms with Crippen molar-refractivity contribution in [2.75, 3.05) is 19.7 Å². The number of hydrogen-bond acceptors (Lipinski definition) is 4. The highest BCUT2D eigenvalue weighted by molar-refractivity contribution is 6.04. The third-order valence-electron chi connectivity index (χ3n) is 2.91. The maximum Gasteiger partial charge on any atom is 0.275 e. The van der Waals surface area contributed by atoms with Crippen LogP contribution in [0.4, 0.5) is 0 Å². The van der Waals surface area contributed by atoms with Gasteiger partial charge in [-0.15, -0.1) is 6.58 Å². The molecule has 1 aromatic carbocycles. The lowest BCUT2D eigenvalue weighted by Crippen LogP contribution is -2.35. The molecular formula is C14H15N3O3. The average molecular weight is 273 g/mol. The van der Waals surface area contributed by atoms with Gasteiger partial charge < -0.3 is 10.0 Å².